The highest BCUT2D eigenvalue weighted by molar-refractivity contribution is 6.27. The van der Waals surface area contributed by atoms with E-state index in [1.807, 2.05) is 0 Å². The van der Waals surface area contributed by atoms with Gasteiger partial charge in [0.15, 0.2) is 0 Å². The Morgan fingerprint density at radius 2 is 0.405 bits per heavy atom. The molecule has 0 aliphatic rings. The van der Waals surface area contributed by atoms with E-state index in [1.54, 1.807) is 0 Å². The zero-order valence-electron chi connectivity index (χ0n) is 65.8. The van der Waals surface area contributed by atoms with Crippen molar-refractivity contribution in [2.24, 2.45) is 0 Å². The summed E-state index contributed by atoms with van der Waals surface area (Å²) in [7, 11) is 0. The lowest BCUT2D eigenvalue weighted by Gasteiger charge is -2.18. The monoisotopic (exact) mass is 1540 g/mol. The molecule has 0 spiro atoms. The van der Waals surface area contributed by atoms with Crippen LogP contribution in [0.2, 0.25) is 0 Å². The van der Waals surface area contributed by atoms with Crippen molar-refractivity contribution in [1.29, 1.82) is 0 Å². The molecule has 0 atom stereocenters. The van der Waals surface area contributed by atoms with E-state index in [0.717, 1.165) is 82.2 Å². The topological polar surface area (TPSA) is 39.4 Å². The van der Waals surface area contributed by atoms with Crippen molar-refractivity contribution in [2.75, 3.05) is 0 Å². The van der Waals surface area contributed by atoms with Crippen LogP contribution in [0, 0.1) is 0 Å². The number of hydrogen-bond donors (Lipinski definition) is 0. The second kappa shape index (κ2) is 28.5. The molecule has 26 rings (SSSR count). The van der Waals surface area contributed by atoms with Gasteiger partial charge >= 0.3 is 0 Å². The van der Waals surface area contributed by atoms with Gasteiger partial charge in [-0.1, -0.05) is 376 Å². The molecule has 121 heavy (non-hydrogen) atoms. The van der Waals surface area contributed by atoms with Crippen LogP contribution in [0.1, 0.15) is 0 Å². The molecule has 0 N–H and O–H groups in total. The molecule has 562 valence electrons. The van der Waals surface area contributed by atoms with E-state index in [9.17, 15) is 0 Å². The van der Waals surface area contributed by atoms with Crippen molar-refractivity contribution in [1.82, 2.24) is 0 Å². The minimum Gasteiger partial charge on any atom is -0.456 e. The second-order valence-electron chi connectivity index (χ2n) is 31.8. The molecule has 3 heterocycles. The standard InChI is InChI=1S/C42H26O.C40H24O.C36H22O/c1-2-11-29(12-3-1)40-33-14-6-8-16-35(33)41(36-17-9-7-15-34(36)40)30-20-18-27(19-21-30)31-23-25-39-38(26-31)37-24-22-28-10-4-5-13-32(28)42(37)43-39;1-3-13-28-25(10-1)12-9-19-31(28)39-34-17-7-5-15-32(34)38(33-16-6-8-18-35(33)39)27-21-22-30-36-23-20-26-11-2-4-14-29(26)40(36)41-37(30)24-27;1-2-10-23(11-3-1)35-28-14-6-8-16-30(28)36(31-17-9-7-15-29(31)35)26-18-19-27-32-20-24-12-4-5-13-25(24)21-34(32)37-33(27)22-26/h1-26H;1-24H;1-22H. The molecular weight excluding hydrogens is 1470 g/mol. The van der Waals surface area contributed by atoms with Gasteiger partial charge in [0, 0.05) is 43.1 Å². The van der Waals surface area contributed by atoms with E-state index < -0.39 is 0 Å². The molecule has 0 radical (unpaired) electrons. The van der Waals surface area contributed by atoms with Crippen molar-refractivity contribution in [2.45, 2.75) is 0 Å². The first kappa shape index (κ1) is 69.4. The summed E-state index contributed by atoms with van der Waals surface area (Å²) < 4.78 is 19.4. The van der Waals surface area contributed by atoms with Crippen molar-refractivity contribution in [3.63, 3.8) is 0 Å². The summed E-state index contributed by atoms with van der Waals surface area (Å²) in [6, 6.07) is 157. The lowest BCUT2D eigenvalue weighted by Crippen LogP contribution is -1.91. The summed E-state index contributed by atoms with van der Waals surface area (Å²) in [5.74, 6) is 0. The van der Waals surface area contributed by atoms with Crippen LogP contribution in [0.3, 0.4) is 0 Å². The number of benzene rings is 23. The molecule has 3 nitrogen and oxygen atoms in total. The van der Waals surface area contributed by atoms with Crippen molar-refractivity contribution in [3.8, 4) is 77.9 Å². The first-order chi connectivity index (χ1) is 60.0. The molecule has 3 heteroatoms. The van der Waals surface area contributed by atoms with Gasteiger partial charge in [-0.15, -0.1) is 0 Å². The number of rotatable bonds is 7. The highest BCUT2D eigenvalue weighted by atomic mass is 16.3. The SMILES string of the molecule is c1ccc(-c2c3ccccc3c(-c3ccc(-c4ccc5oc6c7ccccc7ccc6c5c4)cc3)c3ccccc23)cc1.c1ccc(-c2c3ccccc3c(-c3ccc4c(c3)oc3cc5ccccc5cc34)c3ccccc23)cc1.c1ccc2c(-c3c4ccccc4c(-c4ccc5c(c4)oc4c6ccccc6ccc54)c4ccccc34)cccc2c1. The van der Waals surface area contributed by atoms with E-state index >= 15 is 0 Å². The smallest absolute Gasteiger partial charge is 0.143 e. The minimum absolute atomic E-state index is 0.917. The fraction of sp³-hybridized carbons (Fsp3) is 0. The number of fused-ring (bicyclic) bond motifs is 21. The third-order valence-corrected chi connectivity index (χ3v) is 25.1. The Kier molecular flexibility index (Phi) is 16.3. The first-order valence-corrected chi connectivity index (χ1v) is 41.6. The molecule has 0 amide bonds. The van der Waals surface area contributed by atoms with Crippen LogP contribution in [-0.4, -0.2) is 0 Å². The van der Waals surface area contributed by atoms with Gasteiger partial charge in [0.05, 0.1) is 0 Å². The number of furan rings is 3. The maximum absolute atomic E-state index is 6.59. The normalized spacial score (nSPS) is 11.8. The summed E-state index contributed by atoms with van der Waals surface area (Å²) >= 11 is 0. The predicted octanol–water partition coefficient (Wildman–Crippen LogP) is 34.0. The number of hydrogen-bond acceptors (Lipinski definition) is 3. The molecule has 26 aromatic rings. The van der Waals surface area contributed by atoms with Crippen LogP contribution < -0.4 is 0 Å². The van der Waals surface area contributed by atoms with Crippen molar-refractivity contribution in [3.05, 3.63) is 437 Å². The Morgan fingerprint density at radius 1 is 0.116 bits per heavy atom. The lowest BCUT2D eigenvalue weighted by molar-refractivity contribution is 0.669. The van der Waals surface area contributed by atoms with Gasteiger partial charge in [-0.25, -0.2) is 0 Å². The second-order valence-corrected chi connectivity index (χ2v) is 31.8. The van der Waals surface area contributed by atoms with Crippen LogP contribution in [-0.2, 0) is 0 Å². The summed E-state index contributed by atoms with van der Waals surface area (Å²) in [6.45, 7) is 0. The van der Waals surface area contributed by atoms with Crippen molar-refractivity contribution >= 4 is 174 Å². The van der Waals surface area contributed by atoms with Crippen LogP contribution in [0.4, 0.5) is 0 Å². The third kappa shape index (κ3) is 11.5. The van der Waals surface area contributed by atoms with Crippen molar-refractivity contribution < 1.29 is 13.3 Å². The summed E-state index contributed by atoms with van der Waals surface area (Å²) in [6.07, 6.45) is 0. The summed E-state index contributed by atoms with van der Waals surface area (Å²) in [4.78, 5) is 0. The van der Waals surface area contributed by atoms with Gasteiger partial charge in [-0.3, -0.25) is 0 Å². The lowest BCUT2D eigenvalue weighted by atomic mass is 9.84. The maximum atomic E-state index is 6.59. The Labute approximate surface area is 696 Å². The van der Waals surface area contributed by atoms with Gasteiger partial charge in [0.2, 0.25) is 0 Å². The molecule has 0 aliphatic carbocycles. The molecule has 0 fully saturated rings. The van der Waals surface area contributed by atoms with E-state index in [2.05, 4.69) is 437 Å². The van der Waals surface area contributed by atoms with Gasteiger partial charge in [-0.2, -0.15) is 0 Å². The van der Waals surface area contributed by atoms with E-state index in [4.69, 9.17) is 13.3 Å². The molecule has 0 saturated carbocycles. The quantitative estimate of drug-likeness (QED) is 0.149. The van der Waals surface area contributed by atoms with E-state index in [-0.39, 0.29) is 0 Å². The molecule has 3 aromatic heterocycles. The highest BCUT2D eigenvalue weighted by Crippen LogP contribution is 2.51. The van der Waals surface area contributed by atoms with Gasteiger partial charge in [0.25, 0.3) is 0 Å². The van der Waals surface area contributed by atoms with E-state index in [0.29, 0.717) is 0 Å². The third-order valence-electron chi connectivity index (χ3n) is 25.1. The van der Waals surface area contributed by atoms with Crippen LogP contribution in [0.25, 0.3) is 251 Å². The largest absolute Gasteiger partial charge is 0.456 e. The Morgan fingerprint density at radius 3 is 0.868 bits per heavy atom. The molecule has 0 aliphatic heterocycles. The molecular formula is C118H72O3. The van der Waals surface area contributed by atoms with E-state index in [1.165, 1.54) is 169 Å². The molecule has 0 unspecified atom stereocenters. The van der Waals surface area contributed by atoms with Crippen LogP contribution >= 0.6 is 0 Å². The average Bonchev–Trinajstić information content (AvgIpc) is 1.65. The Hall–Kier alpha value is -15.9. The van der Waals surface area contributed by atoms with Gasteiger partial charge in [-0.05, 0) is 236 Å². The summed E-state index contributed by atoms with van der Waals surface area (Å²) in [5.41, 5.74) is 22.9. The predicted molar refractivity (Wildman–Crippen MR) is 514 cm³/mol. The van der Waals surface area contributed by atoms with Crippen LogP contribution in [0.15, 0.2) is 450 Å². The summed E-state index contributed by atoms with van der Waals surface area (Å²) in [5, 5.41) is 31.7. The fourth-order valence-corrected chi connectivity index (χ4v) is 19.7. The zero-order valence-corrected chi connectivity index (χ0v) is 65.8. The fourth-order valence-electron chi connectivity index (χ4n) is 19.7. The Balaban J connectivity index is 0.000000103. The molecule has 0 saturated heterocycles. The zero-order chi connectivity index (χ0) is 79.6. The maximum Gasteiger partial charge on any atom is 0.143 e. The average molecular weight is 1540 g/mol. The molecule has 0 bridgehead atoms. The minimum atomic E-state index is 0.917. The first-order valence-electron chi connectivity index (χ1n) is 41.6. The Bertz CT molecular complexity index is 8530. The molecule has 23 aromatic carbocycles. The highest BCUT2D eigenvalue weighted by Gasteiger charge is 2.24. The van der Waals surface area contributed by atoms with Gasteiger partial charge < -0.3 is 13.3 Å². The van der Waals surface area contributed by atoms with Gasteiger partial charge in [0.1, 0.15) is 33.5 Å². The van der Waals surface area contributed by atoms with Crippen LogP contribution in [0.5, 0.6) is 0 Å².